The third kappa shape index (κ3) is 2.24. The molecule has 0 heterocycles. The summed E-state index contributed by atoms with van der Waals surface area (Å²) in [5, 5.41) is 22.3. The molecule has 2 aromatic carbocycles. The first-order chi connectivity index (χ1) is 8.47. The first kappa shape index (κ1) is 11.9. The number of anilines is 1. The highest BCUT2D eigenvalue weighted by Crippen LogP contribution is 2.27. The number of fused-ring (bicyclic) bond motifs is 1. The number of benzene rings is 2. The van der Waals surface area contributed by atoms with Crippen LogP contribution in [0, 0.1) is 0 Å². The van der Waals surface area contributed by atoms with Crippen molar-refractivity contribution in [2.24, 2.45) is 0 Å². The Hall–Kier alpha value is -2.56. The van der Waals surface area contributed by atoms with Gasteiger partial charge in [-0.3, -0.25) is 4.79 Å². The molecule has 0 aromatic heterocycles. The van der Waals surface area contributed by atoms with E-state index in [1.165, 1.54) is 31.2 Å². The van der Waals surface area contributed by atoms with Gasteiger partial charge in [-0.05, 0) is 35.0 Å². The lowest BCUT2D eigenvalue weighted by Crippen LogP contribution is -2.10. The summed E-state index contributed by atoms with van der Waals surface area (Å²) < 4.78 is 0. The van der Waals surface area contributed by atoms with Crippen molar-refractivity contribution in [3.05, 3.63) is 35.9 Å². The van der Waals surface area contributed by atoms with E-state index in [2.05, 4.69) is 5.32 Å². The minimum absolute atomic E-state index is 0.0170. The minimum Gasteiger partial charge on any atom is -0.508 e. The number of carbonyl (C=O) groups is 2. The maximum absolute atomic E-state index is 11.1. The van der Waals surface area contributed by atoms with E-state index in [1.54, 1.807) is 6.07 Å². The van der Waals surface area contributed by atoms with Gasteiger partial charge in [0.25, 0.3) is 0 Å². The van der Waals surface area contributed by atoms with E-state index in [1.807, 2.05) is 0 Å². The predicted octanol–water partition coefficient (Wildman–Crippen LogP) is 2.20. The number of amides is 1. The highest BCUT2D eigenvalue weighted by Gasteiger charge is 2.12. The Morgan fingerprint density at radius 2 is 1.83 bits per heavy atom. The summed E-state index contributed by atoms with van der Waals surface area (Å²) >= 11 is 0. The topological polar surface area (TPSA) is 86.6 Å². The summed E-state index contributed by atoms with van der Waals surface area (Å²) in [5.41, 5.74) is 0.233. The molecule has 0 unspecified atom stereocenters. The van der Waals surface area contributed by atoms with Crippen molar-refractivity contribution in [3.63, 3.8) is 0 Å². The van der Waals surface area contributed by atoms with Gasteiger partial charge in [-0.25, -0.2) is 4.79 Å². The van der Waals surface area contributed by atoms with E-state index < -0.39 is 5.97 Å². The quantitative estimate of drug-likeness (QED) is 0.757. The molecule has 2 rings (SSSR count). The van der Waals surface area contributed by atoms with Gasteiger partial charge >= 0.3 is 5.97 Å². The van der Waals surface area contributed by atoms with Crippen LogP contribution < -0.4 is 5.32 Å². The average Bonchev–Trinajstić information content (AvgIpc) is 2.26. The number of aromatic carboxylic acids is 1. The number of aromatic hydroxyl groups is 1. The number of hydrogen-bond donors (Lipinski definition) is 3. The monoisotopic (exact) mass is 245 g/mol. The zero-order valence-electron chi connectivity index (χ0n) is 9.60. The van der Waals surface area contributed by atoms with Gasteiger partial charge in [0, 0.05) is 6.92 Å². The fraction of sp³-hybridized carbons (Fsp3) is 0.0769. The summed E-state index contributed by atoms with van der Waals surface area (Å²) in [5.74, 6) is -1.38. The highest BCUT2D eigenvalue weighted by atomic mass is 16.4. The molecule has 2 aromatic rings. The van der Waals surface area contributed by atoms with Gasteiger partial charge in [0.2, 0.25) is 5.91 Å². The zero-order chi connectivity index (χ0) is 13.3. The van der Waals surface area contributed by atoms with Crippen LogP contribution in [0.2, 0.25) is 0 Å². The molecular weight excluding hydrogens is 234 g/mol. The molecule has 0 saturated heterocycles. The number of hydrogen-bond acceptors (Lipinski definition) is 3. The van der Waals surface area contributed by atoms with E-state index in [-0.39, 0.29) is 22.9 Å². The van der Waals surface area contributed by atoms with Crippen LogP contribution >= 0.6 is 0 Å². The second kappa shape index (κ2) is 4.37. The van der Waals surface area contributed by atoms with E-state index >= 15 is 0 Å². The van der Waals surface area contributed by atoms with Crippen LogP contribution in [0.3, 0.4) is 0 Å². The lowest BCUT2D eigenvalue weighted by atomic mass is 10.0. The standard InChI is InChI=1S/C13H11NO4/c1-7(15)14-12-6-9-4-10(16)3-2-8(9)5-11(12)13(17)18/h2-6,16H,1H3,(H,14,15)(H,17,18). The summed E-state index contributed by atoms with van der Waals surface area (Å²) in [6, 6.07) is 7.59. The molecular formula is C13H11NO4. The minimum atomic E-state index is -1.12. The largest absolute Gasteiger partial charge is 0.508 e. The van der Waals surface area contributed by atoms with E-state index in [4.69, 9.17) is 5.11 Å². The Labute approximate surface area is 103 Å². The molecule has 0 atom stereocenters. The Balaban J connectivity index is 2.68. The van der Waals surface area contributed by atoms with Crippen LogP contribution in [0.25, 0.3) is 10.8 Å². The van der Waals surface area contributed by atoms with Crippen LogP contribution in [-0.2, 0) is 4.79 Å². The number of rotatable bonds is 2. The summed E-state index contributed by atoms with van der Waals surface area (Å²) in [4.78, 5) is 22.2. The molecule has 0 aliphatic rings. The third-order valence-electron chi connectivity index (χ3n) is 2.50. The van der Waals surface area contributed by atoms with Gasteiger partial charge in [-0.1, -0.05) is 6.07 Å². The van der Waals surface area contributed by atoms with Gasteiger partial charge in [0.1, 0.15) is 5.75 Å². The zero-order valence-corrected chi connectivity index (χ0v) is 9.60. The number of phenolic OH excluding ortho intramolecular Hbond substituents is 1. The number of carboxylic acid groups (broad SMARTS) is 1. The van der Waals surface area contributed by atoms with Crippen molar-refractivity contribution in [3.8, 4) is 5.75 Å². The predicted molar refractivity (Wildman–Crippen MR) is 66.9 cm³/mol. The Morgan fingerprint density at radius 3 is 2.44 bits per heavy atom. The summed E-state index contributed by atoms with van der Waals surface area (Å²) in [6.45, 7) is 1.30. The van der Waals surface area contributed by atoms with Crippen molar-refractivity contribution in [2.75, 3.05) is 5.32 Å². The molecule has 0 fully saturated rings. The van der Waals surface area contributed by atoms with E-state index in [0.717, 1.165) is 0 Å². The lowest BCUT2D eigenvalue weighted by molar-refractivity contribution is -0.114. The smallest absolute Gasteiger partial charge is 0.337 e. The molecule has 18 heavy (non-hydrogen) atoms. The third-order valence-corrected chi connectivity index (χ3v) is 2.50. The Kier molecular flexibility index (Phi) is 2.89. The molecule has 3 N–H and O–H groups in total. The number of nitrogens with one attached hydrogen (secondary N) is 1. The normalized spacial score (nSPS) is 10.3. The highest BCUT2D eigenvalue weighted by molar-refractivity contribution is 6.04. The molecule has 0 radical (unpaired) electrons. The van der Waals surface area contributed by atoms with Crippen molar-refractivity contribution < 1.29 is 19.8 Å². The van der Waals surface area contributed by atoms with Crippen molar-refractivity contribution in [2.45, 2.75) is 6.92 Å². The number of carbonyl (C=O) groups excluding carboxylic acids is 1. The number of carboxylic acids is 1. The fourth-order valence-electron chi connectivity index (χ4n) is 1.76. The van der Waals surface area contributed by atoms with Crippen molar-refractivity contribution in [1.82, 2.24) is 0 Å². The Bertz CT molecular complexity index is 649. The first-order valence-corrected chi connectivity index (χ1v) is 5.25. The summed E-state index contributed by atoms with van der Waals surface area (Å²) in [7, 11) is 0. The van der Waals surface area contributed by atoms with Crippen LogP contribution in [0.15, 0.2) is 30.3 Å². The molecule has 0 saturated carbocycles. The maximum atomic E-state index is 11.1. The molecule has 1 amide bonds. The van der Waals surface area contributed by atoms with Crippen LogP contribution in [-0.4, -0.2) is 22.1 Å². The van der Waals surface area contributed by atoms with Gasteiger partial charge in [0.15, 0.2) is 0 Å². The molecule has 0 aliphatic heterocycles. The SMILES string of the molecule is CC(=O)Nc1cc2cc(O)ccc2cc1C(=O)O. The summed E-state index contributed by atoms with van der Waals surface area (Å²) in [6.07, 6.45) is 0. The molecule has 0 spiro atoms. The van der Waals surface area contributed by atoms with Crippen molar-refractivity contribution in [1.29, 1.82) is 0 Å². The van der Waals surface area contributed by atoms with E-state index in [0.29, 0.717) is 10.8 Å². The number of phenols is 1. The van der Waals surface area contributed by atoms with Crippen molar-refractivity contribution >= 4 is 28.3 Å². The first-order valence-electron chi connectivity index (χ1n) is 5.25. The van der Waals surface area contributed by atoms with Gasteiger partial charge in [-0.2, -0.15) is 0 Å². The lowest BCUT2D eigenvalue weighted by Gasteiger charge is -2.09. The average molecular weight is 245 g/mol. The molecule has 92 valence electrons. The maximum Gasteiger partial charge on any atom is 0.337 e. The molecule has 5 heteroatoms. The second-order valence-corrected chi connectivity index (χ2v) is 3.92. The van der Waals surface area contributed by atoms with Gasteiger partial charge in [0.05, 0.1) is 11.3 Å². The van der Waals surface area contributed by atoms with Crippen LogP contribution in [0.1, 0.15) is 17.3 Å². The van der Waals surface area contributed by atoms with Gasteiger partial charge < -0.3 is 15.5 Å². The molecule has 0 bridgehead atoms. The molecule has 5 nitrogen and oxygen atoms in total. The van der Waals surface area contributed by atoms with Crippen LogP contribution in [0.5, 0.6) is 5.75 Å². The van der Waals surface area contributed by atoms with Gasteiger partial charge in [-0.15, -0.1) is 0 Å². The fourth-order valence-corrected chi connectivity index (χ4v) is 1.76. The molecule has 0 aliphatic carbocycles. The second-order valence-electron chi connectivity index (χ2n) is 3.92. The van der Waals surface area contributed by atoms with E-state index in [9.17, 15) is 14.7 Å². The van der Waals surface area contributed by atoms with Crippen LogP contribution in [0.4, 0.5) is 5.69 Å². The Morgan fingerprint density at radius 1 is 1.11 bits per heavy atom.